The van der Waals surface area contributed by atoms with Crippen LogP contribution in [0.2, 0.25) is 0 Å². The van der Waals surface area contributed by atoms with Gasteiger partial charge < -0.3 is 9.80 Å². The van der Waals surface area contributed by atoms with E-state index in [0.29, 0.717) is 13.1 Å². The van der Waals surface area contributed by atoms with Gasteiger partial charge in [0.2, 0.25) is 0 Å². The summed E-state index contributed by atoms with van der Waals surface area (Å²) in [4.78, 5) is 22.1. The molecule has 1 aromatic carbocycles. The van der Waals surface area contributed by atoms with Gasteiger partial charge in [-0.15, -0.1) is 21.5 Å². The molecule has 0 bridgehead atoms. The number of carbonyl (C=O) groups excluding carboxylic acids is 1. The summed E-state index contributed by atoms with van der Waals surface area (Å²) in [6, 6.07) is 8.45. The van der Waals surface area contributed by atoms with E-state index in [1.807, 2.05) is 30.9 Å². The number of nitrogens with zero attached hydrogens (tertiary/aromatic N) is 5. The van der Waals surface area contributed by atoms with Gasteiger partial charge in [0.1, 0.15) is 4.88 Å². The third-order valence-corrected chi connectivity index (χ3v) is 6.82. The number of hydrogen-bond donors (Lipinski definition) is 0. The average Bonchev–Trinajstić information content (AvgIpc) is 3.08. The third kappa shape index (κ3) is 3.94. The zero-order valence-corrected chi connectivity index (χ0v) is 19.0. The Bertz CT molecular complexity index is 1080. The first-order valence-electron chi connectivity index (χ1n) is 10.2. The molecule has 0 unspecified atom stereocenters. The van der Waals surface area contributed by atoms with E-state index in [-0.39, 0.29) is 5.91 Å². The summed E-state index contributed by atoms with van der Waals surface area (Å²) >= 11 is 1.48. The first kappa shape index (κ1) is 20.5. The molecule has 156 valence electrons. The Morgan fingerprint density at radius 1 is 0.900 bits per heavy atom. The Hall–Kier alpha value is -2.80. The van der Waals surface area contributed by atoms with Crippen molar-refractivity contribution in [1.29, 1.82) is 0 Å². The van der Waals surface area contributed by atoms with Gasteiger partial charge in [-0.25, -0.2) is 4.98 Å². The molecule has 1 amide bonds. The molecule has 0 aliphatic carbocycles. The number of benzene rings is 1. The van der Waals surface area contributed by atoms with Crippen LogP contribution in [0.1, 0.15) is 37.1 Å². The van der Waals surface area contributed by atoms with Crippen LogP contribution in [0, 0.1) is 34.6 Å². The van der Waals surface area contributed by atoms with E-state index in [1.54, 1.807) is 0 Å². The van der Waals surface area contributed by atoms with Crippen molar-refractivity contribution in [2.45, 2.75) is 34.6 Å². The molecule has 0 N–H and O–H groups in total. The van der Waals surface area contributed by atoms with Gasteiger partial charge in [0.25, 0.3) is 5.91 Å². The van der Waals surface area contributed by atoms with Gasteiger partial charge in [0.15, 0.2) is 5.82 Å². The lowest BCUT2D eigenvalue weighted by Gasteiger charge is -2.35. The van der Waals surface area contributed by atoms with Crippen LogP contribution >= 0.6 is 11.3 Å². The van der Waals surface area contributed by atoms with E-state index in [1.165, 1.54) is 28.0 Å². The van der Waals surface area contributed by atoms with Crippen LogP contribution in [0.15, 0.2) is 24.3 Å². The van der Waals surface area contributed by atoms with Crippen LogP contribution in [-0.4, -0.2) is 52.2 Å². The predicted octanol–water partition coefficient (Wildman–Crippen LogP) is 4.10. The molecule has 1 saturated heterocycles. The van der Waals surface area contributed by atoms with Crippen molar-refractivity contribution in [3.05, 3.63) is 56.5 Å². The van der Waals surface area contributed by atoms with Crippen LogP contribution in [0.3, 0.4) is 0 Å². The zero-order chi connectivity index (χ0) is 21.4. The molecule has 2 aromatic heterocycles. The maximum absolute atomic E-state index is 12.8. The predicted molar refractivity (Wildman–Crippen MR) is 121 cm³/mol. The van der Waals surface area contributed by atoms with Gasteiger partial charge in [-0.3, -0.25) is 4.79 Å². The fourth-order valence-electron chi connectivity index (χ4n) is 3.89. The summed E-state index contributed by atoms with van der Waals surface area (Å²) < 4.78 is 0. The van der Waals surface area contributed by atoms with Crippen molar-refractivity contribution in [3.8, 4) is 11.3 Å². The largest absolute Gasteiger partial charge is 0.352 e. The van der Waals surface area contributed by atoms with Crippen LogP contribution < -0.4 is 4.90 Å². The summed E-state index contributed by atoms with van der Waals surface area (Å²) in [5.41, 5.74) is 6.60. The molecule has 3 heterocycles. The second-order valence-corrected chi connectivity index (χ2v) is 9.16. The highest BCUT2D eigenvalue weighted by molar-refractivity contribution is 7.13. The van der Waals surface area contributed by atoms with Crippen LogP contribution in [0.5, 0.6) is 0 Å². The van der Waals surface area contributed by atoms with Gasteiger partial charge in [0, 0.05) is 31.7 Å². The maximum Gasteiger partial charge on any atom is 0.265 e. The summed E-state index contributed by atoms with van der Waals surface area (Å²) in [5.74, 6) is 0.946. The van der Waals surface area contributed by atoms with Gasteiger partial charge in [-0.2, -0.15) is 0 Å². The Labute approximate surface area is 181 Å². The number of carbonyl (C=O) groups is 1. The molecule has 0 atom stereocenters. The standard InChI is InChI=1S/C23H27N5OS/c1-14-12-16(3)19(13-15(14)2)20-6-7-21(26-25-20)27-8-10-28(11-9-27)23(29)22-17(4)24-18(5)30-22/h6-7,12-13H,8-11H2,1-5H3. The smallest absolute Gasteiger partial charge is 0.265 e. The molecule has 1 aliphatic heterocycles. The van der Waals surface area contributed by atoms with Gasteiger partial charge in [-0.05, 0) is 69.5 Å². The monoisotopic (exact) mass is 421 g/mol. The van der Waals surface area contributed by atoms with E-state index < -0.39 is 0 Å². The lowest BCUT2D eigenvalue weighted by Crippen LogP contribution is -2.49. The first-order chi connectivity index (χ1) is 14.3. The average molecular weight is 422 g/mol. The number of piperazine rings is 1. The highest BCUT2D eigenvalue weighted by Gasteiger charge is 2.25. The summed E-state index contributed by atoms with van der Waals surface area (Å²) in [6.07, 6.45) is 0. The Morgan fingerprint density at radius 2 is 1.60 bits per heavy atom. The number of amides is 1. The molecule has 7 heteroatoms. The highest BCUT2D eigenvalue weighted by atomic mass is 32.1. The minimum absolute atomic E-state index is 0.0874. The topological polar surface area (TPSA) is 62.2 Å². The third-order valence-electron chi connectivity index (χ3n) is 5.76. The second kappa shape index (κ2) is 8.14. The fourth-order valence-corrected chi connectivity index (χ4v) is 4.77. The van der Waals surface area contributed by atoms with Crippen molar-refractivity contribution >= 4 is 23.1 Å². The Morgan fingerprint density at radius 3 is 2.20 bits per heavy atom. The SMILES string of the molecule is Cc1nc(C)c(C(=O)N2CCN(c3ccc(-c4cc(C)c(C)cc4C)nn3)CC2)s1. The van der Waals surface area contributed by atoms with E-state index in [9.17, 15) is 4.79 Å². The molecule has 6 nitrogen and oxygen atoms in total. The molecule has 1 aliphatic rings. The molecule has 4 rings (SSSR count). The van der Waals surface area contributed by atoms with Gasteiger partial charge in [0.05, 0.1) is 16.4 Å². The van der Waals surface area contributed by atoms with Crippen molar-refractivity contribution in [1.82, 2.24) is 20.1 Å². The van der Waals surface area contributed by atoms with E-state index in [2.05, 4.69) is 53.0 Å². The van der Waals surface area contributed by atoms with Gasteiger partial charge in [-0.1, -0.05) is 6.07 Å². The minimum Gasteiger partial charge on any atom is -0.352 e. The lowest BCUT2D eigenvalue weighted by atomic mass is 9.99. The van der Waals surface area contributed by atoms with Crippen molar-refractivity contribution in [3.63, 3.8) is 0 Å². The van der Waals surface area contributed by atoms with Crippen molar-refractivity contribution in [2.24, 2.45) is 0 Å². The Kier molecular flexibility index (Phi) is 5.56. The van der Waals surface area contributed by atoms with Crippen LogP contribution in [0.4, 0.5) is 5.82 Å². The molecular formula is C23H27N5OS. The molecule has 1 fully saturated rings. The number of thiazole rings is 1. The number of rotatable bonds is 3. The molecule has 30 heavy (non-hydrogen) atoms. The van der Waals surface area contributed by atoms with E-state index >= 15 is 0 Å². The quantitative estimate of drug-likeness (QED) is 0.637. The normalized spacial score (nSPS) is 14.3. The molecule has 0 spiro atoms. The van der Waals surface area contributed by atoms with Crippen LogP contribution in [0.25, 0.3) is 11.3 Å². The first-order valence-corrected chi connectivity index (χ1v) is 11.1. The lowest BCUT2D eigenvalue weighted by molar-refractivity contribution is 0.0750. The second-order valence-electron chi connectivity index (χ2n) is 7.95. The summed E-state index contributed by atoms with van der Waals surface area (Å²) in [5, 5.41) is 9.91. The maximum atomic E-state index is 12.8. The van der Waals surface area contributed by atoms with Gasteiger partial charge >= 0.3 is 0 Å². The van der Waals surface area contributed by atoms with Crippen molar-refractivity contribution in [2.75, 3.05) is 31.1 Å². The number of anilines is 1. The summed E-state index contributed by atoms with van der Waals surface area (Å²) in [6.45, 7) is 13.1. The van der Waals surface area contributed by atoms with E-state index in [0.717, 1.165) is 45.7 Å². The molecular weight excluding hydrogens is 394 g/mol. The van der Waals surface area contributed by atoms with Crippen molar-refractivity contribution < 1.29 is 4.79 Å². The number of aromatic nitrogens is 3. The van der Waals surface area contributed by atoms with Crippen LogP contribution in [-0.2, 0) is 0 Å². The Balaban J connectivity index is 1.44. The number of aryl methyl sites for hydroxylation is 5. The number of hydrogen-bond acceptors (Lipinski definition) is 6. The summed E-state index contributed by atoms with van der Waals surface area (Å²) in [7, 11) is 0. The highest BCUT2D eigenvalue weighted by Crippen LogP contribution is 2.26. The fraction of sp³-hybridized carbons (Fsp3) is 0.391. The zero-order valence-electron chi connectivity index (χ0n) is 18.2. The molecule has 3 aromatic rings. The minimum atomic E-state index is 0.0874. The molecule has 0 saturated carbocycles. The molecule has 0 radical (unpaired) electrons. The van der Waals surface area contributed by atoms with E-state index in [4.69, 9.17) is 0 Å².